The highest BCUT2D eigenvalue weighted by atomic mass is 16.5. The average molecular weight is 372 g/mol. The van der Waals surface area contributed by atoms with Gasteiger partial charge in [0, 0.05) is 5.70 Å². The molecule has 0 fully saturated rings. The van der Waals surface area contributed by atoms with Crippen molar-refractivity contribution in [2.24, 2.45) is 5.92 Å². The molecular formula is C19H24N4O4. The second-order valence-electron chi connectivity index (χ2n) is 6.01. The van der Waals surface area contributed by atoms with Crippen molar-refractivity contribution in [2.75, 3.05) is 26.1 Å². The summed E-state index contributed by atoms with van der Waals surface area (Å²) in [4.78, 5) is 17.1. The molecular weight excluding hydrogens is 348 g/mol. The molecule has 27 heavy (non-hydrogen) atoms. The van der Waals surface area contributed by atoms with E-state index in [4.69, 9.17) is 14.2 Å². The highest BCUT2D eigenvalue weighted by molar-refractivity contribution is 5.79. The highest BCUT2D eigenvalue weighted by Gasteiger charge is 2.41. The molecule has 0 saturated heterocycles. The van der Waals surface area contributed by atoms with Crippen molar-refractivity contribution in [2.45, 2.75) is 26.3 Å². The Morgan fingerprint density at radius 1 is 1.26 bits per heavy atom. The van der Waals surface area contributed by atoms with Crippen LogP contribution in [0.15, 0.2) is 36.3 Å². The molecule has 2 heterocycles. The predicted octanol–water partition coefficient (Wildman–Crippen LogP) is 2.78. The smallest absolute Gasteiger partial charge is 0.317 e. The molecule has 8 nitrogen and oxygen atoms in total. The van der Waals surface area contributed by atoms with Crippen LogP contribution in [0, 0.1) is 5.92 Å². The molecule has 144 valence electrons. The summed E-state index contributed by atoms with van der Waals surface area (Å²) >= 11 is 0. The second-order valence-corrected chi connectivity index (χ2v) is 6.01. The lowest BCUT2D eigenvalue weighted by molar-refractivity contribution is -0.147. The third-order valence-corrected chi connectivity index (χ3v) is 4.46. The van der Waals surface area contributed by atoms with Gasteiger partial charge < -0.3 is 19.5 Å². The lowest BCUT2D eigenvalue weighted by Gasteiger charge is -2.34. The van der Waals surface area contributed by atoms with E-state index >= 15 is 0 Å². The number of allylic oxidation sites excluding steroid dienone is 1. The molecule has 8 heteroatoms. The fourth-order valence-electron chi connectivity index (χ4n) is 3.32. The van der Waals surface area contributed by atoms with Gasteiger partial charge in [-0.05, 0) is 31.0 Å². The summed E-state index contributed by atoms with van der Waals surface area (Å²) in [6.07, 6.45) is 4.21. The van der Waals surface area contributed by atoms with Crippen LogP contribution < -0.4 is 14.8 Å². The van der Waals surface area contributed by atoms with Gasteiger partial charge in [0.2, 0.25) is 5.95 Å². The first-order valence-electron chi connectivity index (χ1n) is 8.89. The van der Waals surface area contributed by atoms with Crippen LogP contribution in [0.4, 0.5) is 5.95 Å². The number of benzene rings is 1. The molecule has 1 aromatic carbocycles. The van der Waals surface area contributed by atoms with Crippen molar-refractivity contribution in [1.29, 1.82) is 0 Å². The Morgan fingerprint density at radius 3 is 2.70 bits per heavy atom. The molecule has 0 unspecified atom stereocenters. The lowest BCUT2D eigenvalue weighted by Crippen LogP contribution is -2.38. The molecule has 2 atom stereocenters. The number of carbonyl (C=O) groups excluding carboxylic acids is 1. The van der Waals surface area contributed by atoms with Crippen molar-refractivity contribution in [3.8, 4) is 11.5 Å². The zero-order valence-electron chi connectivity index (χ0n) is 15.9. The maximum absolute atomic E-state index is 12.9. The summed E-state index contributed by atoms with van der Waals surface area (Å²) in [6.45, 7) is 4.11. The Labute approximate surface area is 158 Å². The maximum Gasteiger partial charge on any atom is 0.317 e. The highest BCUT2D eigenvalue weighted by Crippen LogP contribution is 2.41. The Kier molecular flexibility index (Phi) is 5.63. The molecule has 2 aromatic rings. The zero-order chi connectivity index (χ0) is 19.4. The van der Waals surface area contributed by atoms with Gasteiger partial charge in [-0.3, -0.25) is 4.79 Å². The molecule has 0 bridgehead atoms. The number of fused-ring (bicyclic) bond motifs is 1. The van der Waals surface area contributed by atoms with E-state index in [9.17, 15) is 4.79 Å². The monoisotopic (exact) mass is 372 g/mol. The van der Waals surface area contributed by atoms with Crippen molar-refractivity contribution >= 4 is 11.9 Å². The minimum atomic E-state index is -0.572. The fraction of sp³-hybridized carbons (Fsp3) is 0.421. The van der Waals surface area contributed by atoms with E-state index in [0.717, 1.165) is 17.7 Å². The molecule has 1 aliphatic rings. The number of rotatable bonds is 6. The van der Waals surface area contributed by atoms with E-state index in [0.29, 0.717) is 24.1 Å². The van der Waals surface area contributed by atoms with Gasteiger partial charge in [-0.2, -0.15) is 10.1 Å². The van der Waals surface area contributed by atoms with Crippen LogP contribution in [0.25, 0.3) is 0 Å². The Morgan fingerprint density at radius 2 is 2.04 bits per heavy atom. The van der Waals surface area contributed by atoms with Gasteiger partial charge in [-0.25, -0.2) is 4.68 Å². The number of aromatic nitrogens is 3. The van der Waals surface area contributed by atoms with E-state index in [1.807, 2.05) is 31.2 Å². The number of hydrogen-bond donors (Lipinski definition) is 1. The van der Waals surface area contributed by atoms with Crippen LogP contribution in [0.5, 0.6) is 11.5 Å². The Bertz CT molecular complexity index is 846. The molecule has 3 rings (SSSR count). The fourth-order valence-corrected chi connectivity index (χ4v) is 3.32. The van der Waals surface area contributed by atoms with Gasteiger partial charge >= 0.3 is 5.97 Å². The van der Waals surface area contributed by atoms with E-state index in [-0.39, 0.29) is 5.97 Å². The van der Waals surface area contributed by atoms with Crippen LogP contribution in [-0.4, -0.2) is 41.6 Å². The third kappa shape index (κ3) is 3.47. The summed E-state index contributed by atoms with van der Waals surface area (Å²) < 4.78 is 17.8. The van der Waals surface area contributed by atoms with Crippen LogP contribution >= 0.6 is 0 Å². The number of nitrogens with zero attached hydrogens (tertiary/aromatic N) is 3. The first kappa shape index (κ1) is 18.8. The number of carbonyl (C=O) groups is 1. The van der Waals surface area contributed by atoms with E-state index < -0.39 is 12.0 Å². The second kappa shape index (κ2) is 8.11. The van der Waals surface area contributed by atoms with Crippen LogP contribution in [0.1, 0.15) is 31.9 Å². The number of nitrogens with one attached hydrogen (secondary N) is 1. The summed E-state index contributed by atoms with van der Waals surface area (Å²) in [7, 11) is 3.16. The normalized spacial score (nSPS) is 19.9. The number of ether oxygens (including phenoxy) is 3. The molecule has 0 aliphatic carbocycles. The van der Waals surface area contributed by atoms with Gasteiger partial charge in [0.25, 0.3) is 0 Å². The molecule has 0 radical (unpaired) electrons. The van der Waals surface area contributed by atoms with Gasteiger partial charge in [-0.15, -0.1) is 0 Å². The van der Waals surface area contributed by atoms with Crippen LogP contribution in [-0.2, 0) is 9.53 Å². The van der Waals surface area contributed by atoms with Gasteiger partial charge in [0.05, 0.1) is 26.9 Å². The third-order valence-electron chi connectivity index (χ3n) is 4.46. The van der Waals surface area contributed by atoms with Crippen molar-refractivity contribution < 1.29 is 19.0 Å². The number of esters is 1. The summed E-state index contributed by atoms with van der Waals surface area (Å²) in [6, 6.07) is 5.16. The maximum atomic E-state index is 12.9. The summed E-state index contributed by atoms with van der Waals surface area (Å²) in [5.74, 6) is 0.891. The summed E-state index contributed by atoms with van der Waals surface area (Å²) in [5, 5.41) is 7.55. The number of anilines is 1. The standard InChI is InChI=1S/C19H24N4O4/c1-5-7-13-16(18(24)27-6-2)17(23-19(22-13)20-11-21-23)12-8-9-14(25-3)15(10-12)26-4/h7-11,16-17H,5-6H2,1-4H3,(H,20,21,22)/b13-7-/t16-,17+/m0/s1. The molecule has 1 N–H and O–H groups in total. The van der Waals surface area contributed by atoms with E-state index in [1.54, 1.807) is 25.8 Å². The molecule has 0 amide bonds. The SMILES string of the molecule is CC/C=C1\Nc2ncnn2[C@H](c2ccc(OC)c(OC)c2)[C@H]1C(=O)OCC. The predicted molar refractivity (Wildman–Crippen MR) is 99.8 cm³/mol. The lowest BCUT2D eigenvalue weighted by atomic mass is 9.88. The van der Waals surface area contributed by atoms with Crippen LogP contribution in [0.2, 0.25) is 0 Å². The van der Waals surface area contributed by atoms with Gasteiger partial charge in [-0.1, -0.05) is 19.1 Å². The topological polar surface area (TPSA) is 87.5 Å². The molecule has 1 aromatic heterocycles. The number of hydrogen-bond acceptors (Lipinski definition) is 7. The first-order chi connectivity index (χ1) is 13.1. The Balaban J connectivity index is 2.16. The van der Waals surface area contributed by atoms with Crippen molar-refractivity contribution in [1.82, 2.24) is 14.8 Å². The van der Waals surface area contributed by atoms with E-state index in [1.165, 1.54) is 6.33 Å². The molecule has 0 spiro atoms. The minimum absolute atomic E-state index is 0.303. The van der Waals surface area contributed by atoms with Gasteiger partial charge in [0.1, 0.15) is 12.2 Å². The van der Waals surface area contributed by atoms with Crippen molar-refractivity contribution in [3.63, 3.8) is 0 Å². The minimum Gasteiger partial charge on any atom is -0.493 e. The largest absolute Gasteiger partial charge is 0.493 e. The van der Waals surface area contributed by atoms with Crippen LogP contribution in [0.3, 0.4) is 0 Å². The average Bonchev–Trinajstić information content (AvgIpc) is 3.15. The quantitative estimate of drug-likeness (QED) is 0.780. The Hall–Kier alpha value is -3.03. The first-order valence-corrected chi connectivity index (χ1v) is 8.89. The number of methoxy groups -OCH3 is 2. The zero-order valence-corrected chi connectivity index (χ0v) is 15.9. The summed E-state index contributed by atoms with van der Waals surface area (Å²) in [5.41, 5.74) is 1.61. The molecule has 1 aliphatic heterocycles. The van der Waals surface area contributed by atoms with Crippen molar-refractivity contribution in [3.05, 3.63) is 41.9 Å². The molecule has 0 saturated carbocycles. The van der Waals surface area contributed by atoms with E-state index in [2.05, 4.69) is 15.4 Å². The van der Waals surface area contributed by atoms with Gasteiger partial charge in [0.15, 0.2) is 11.5 Å².